The maximum atomic E-state index is 10.7. The number of non-ortho nitro benzene ring substituents is 1. The lowest BCUT2D eigenvalue weighted by Crippen LogP contribution is -2.35. The molecule has 2 atom stereocenters. The highest BCUT2D eigenvalue weighted by molar-refractivity contribution is 5.34. The summed E-state index contributed by atoms with van der Waals surface area (Å²) in [4.78, 5) is 10.3. The molecule has 2 rings (SSSR count). The van der Waals surface area contributed by atoms with Crippen LogP contribution in [0.3, 0.4) is 0 Å². The van der Waals surface area contributed by atoms with Gasteiger partial charge in [-0.05, 0) is 31.2 Å². The first-order chi connectivity index (χ1) is 8.65. The average Bonchev–Trinajstić information content (AvgIpc) is 2.37. The van der Waals surface area contributed by atoms with E-state index >= 15 is 0 Å². The largest absolute Gasteiger partial charge is 0.393 e. The van der Waals surface area contributed by atoms with Gasteiger partial charge in [-0.15, -0.1) is 0 Å². The first-order valence-corrected chi connectivity index (χ1v) is 6.30. The number of rotatable bonds is 4. The number of hydrogen-bond acceptors (Lipinski definition) is 4. The lowest BCUT2D eigenvalue weighted by atomic mass is 9.93. The molecular weight excluding hydrogens is 232 g/mol. The van der Waals surface area contributed by atoms with Crippen LogP contribution in [0.5, 0.6) is 0 Å². The van der Waals surface area contributed by atoms with Crippen molar-refractivity contribution in [3.8, 4) is 0 Å². The molecule has 5 nitrogen and oxygen atoms in total. The highest BCUT2D eigenvalue weighted by Gasteiger charge is 2.19. The molecule has 0 saturated heterocycles. The van der Waals surface area contributed by atoms with E-state index < -0.39 is 0 Å². The molecule has 18 heavy (non-hydrogen) atoms. The minimum Gasteiger partial charge on any atom is -0.393 e. The summed E-state index contributed by atoms with van der Waals surface area (Å²) in [6.45, 7) is 0.610. The molecular formula is C13H18N2O3. The van der Waals surface area contributed by atoms with Gasteiger partial charge in [-0.1, -0.05) is 12.1 Å². The fourth-order valence-electron chi connectivity index (χ4n) is 2.39. The molecule has 1 fully saturated rings. The second kappa shape index (κ2) is 5.93. The van der Waals surface area contributed by atoms with Crippen molar-refractivity contribution in [2.24, 2.45) is 0 Å². The summed E-state index contributed by atoms with van der Waals surface area (Å²) in [5, 5.41) is 23.6. The minimum atomic E-state index is -0.381. The molecule has 1 saturated carbocycles. The van der Waals surface area contributed by atoms with Crippen molar-refractivity contribution in [1.82, 2.24) is 5.32 Å². The molecule has 0 amide bonds. The Balaban J connectivity index is 1.89. The number of benzene rings is 1. The lowest BCUT2D eigenvalue weighted by Gasteiger charge is -2.26. The van der Waals surface area contributed by atoms with Crippen LogP contribution in [0.1, 0.15) is 31.2 Å². The van der Waals surface area contributed by atoms with Crippen molar-refractivity contribution in [2.45, 2.75) is 44.4 Å². The molecule has 0 heterocycles. The average molecular weight is 250 g/mol. The smallest absolute Gasteiger partial charge is 0.269 e. The number of nitro benzene ring substituents is 1. The van der Waals surface area contributed by atoms with E-state index in [1.54, 1.807) is 12.1 Å². The SMILES string of the molecule is O=[N+]([O-])c1cccc(CNC2CCCC(O)C2)c1. The Morgan fingerprint density at radius 2 is 2.28 bits per heavy atom. The molecule has 1 aliphatic carbocycles. The first kappa shape index (κ1) is 13.0. The number of aliphatic hydroxyl groups excluding tert-OH is 1. The van der Waals surface area contributed by atoms with E-state index in [4.69, 9.17) is 0 Å². The van der Waals surface area contributed by atoms with Crippen molar-refractivity contribution in [3.05, 3.63) is 39.9 Å². The van der Waals surface area contributed by atoms with Gasteiger partial charge in [0.25, 0.3) is 5.69 Å². The van der Waals surface area contributed by atoms with E-state index in [1.165, 1.54) is 6.07 Å². The molecule has 1 aromatic rings. The summed E-state index contributed by atoms with van der Waals surface area (Å²) in [5.74, 6) is 0. The van der Waals surface area contributed by atoms with Crippen molar-refractivity contribution in [2.75, 3.05) is 0 Å². The lowest BCUT2D eigenvalue weighted by molar-refractivity contribution is -0.384. The van der Waals surface area contributed by atoms with Crippen LogP contribution in [-0.4, -0.2) is 22.2 Å². The highest BCUT2D eigenvalue weighted by atomic mass is 16.6. The molecule has 2 unspecified atom stereocenters. The minimum absolute atomic E-state index is 0.123. The van der Waals surface area contributed by atoms with Crippen LogP contribution in [0.4, 0.5) is 5.69 Å². The summed E-state index contributed by atoms with van der Waals surface area (Å²) in [6, 6.07) is 6.97. The number of nitrogens with one attached hydrogen (secondary N) is 1. The summed E-state index contributed by atoms with van der Waals surface area (Å²) >= 11 is 0. The van der Waals surface area contributed by atoms with E-state index in [0.717, 1.165) is 31.2 Å². The van der Waals surface area contributed by atoms with E-state index in [2.05, 4.69) is 5.32 Å². The van der Waals surface area contributed by atoms with E-state index in [9.17, 15) is 15.2 Å². The van der Waals surface area contributed by atoms with Gasteiger partial charge in [0.2, 0.25) is 0 Å². The zero-order valence-electron chi connectivity index (χ0n) is 10.2. The zero-order chi connectivity index (χ0) is 13.0. The van der Waals surface area contributed by atoms with Crippen LogP contribution in [0.2, 0.25) is 0 Å². The highest BCUT2D eigenvalue weighted by Crippen LogP contribution is 2.19. The standard InChI is InChI=1S/C13H18N2O3/c16-13-6-2-4-11(8-13)14-9-10-3-1-5-12(7-10)15(17)18/h1,3,5,7,11,13-14,16H,2,4,6,8-9H2. The van der Waals surface area contributed by atoms with Gasteiger partial charge in [0.05, 0.1) is 11.0 Å². The van der Waals surface area contributed by atoms with Gasteiger partial charge in [-0.3, -0.25) is 10.1 Å². The van der Waals surface area contributed by atoms with Crippen LogP contribution in [0.15, 0.2) is 24.3 Å². The van der Waals surface area contributed by atoms with Crippen molar-refractivity contribution < 1.29 is 10.0 Å². The molecule has 98 valence electrons. The molecule has 1 aliphatic rings. The molecule has 2 N–H and O–H groups in total. The first-order valence-electron chi connectivity index (χ1n) is 6.30. The molecule has 0 aromatic heterocycles. The Morgan fingerprint density at radius 1 is 1.44 bits per heavy atom. The van der Waals surface area contributed by atoms with E-state index in [1.807, 2.05) is 6.07 Å². The Kier molecular flexibility index (Phi) is 4.28. The number of nitro groups is 1. The third-order valence-electron chi connectivity index (χ3n) is 3.36. The quantitative estimate of drug-likeness (QED) is 0.633. The third-order valence-corrected chi connectivity index (χ3v) is 3.36. The summed E-state index contributed by atoms with van der Waals surface area (Å²) in [7, 11) is 0. The Morgan fingerprint density at radius 3 is 3.00 bits per heavy atom. The topological polar surface area (TPSA) is 75.4 Å². The molecule has 1 aromatic carbocycles. The Bertz CT molecular complexity index is 422. The molecule has 0 radical (unpaired) electrons. The maximum absolute atomic E-state index is 10.7. The fourth-order valence-corrected chi connectivity index (χ4v) is 2.39. The normalized spacial score (nSPS) is 23.8. The number of aliphatic hydroxyl groups is 1. The van der Waals surface area contributed by atoms with Crippen molar-refractivity contribution in [1.29, 1.82) is 0 Å². The second-order valence-electron chi connectivity index (χ2n) is 4.83. The van der Waals surface area contributed by atoms with Crippen LogP contribution in [-0.2, 0) is 6.54 Å². The van der Waals surface area contributed by atoms with Gasteiger partial charge in [-0.2, -0.15) is 0 Å². The fraction of sp³-hybridized carbons (Fsp3) is 0.538. The van der Waals surface area contributed by atoms with Gasteiger partial charge in [0.1, 0.15) is 0 Å². The molecule has 0 aliphatic heterocycles. The summed E-state index contributed by atoms with van der Waals surface area (Å²) in [6.07, 6.45) is 3.55. The van der Waals surface area contributed by atoms with E-state index in [-0.39, 0.29) is 16.7 Å². The van der Waals surface area contributed by atoms with Crippen LogP contribution < -0.4 is 5.32 Å². The number of nitrogens with zero attached hydrogens (tertiary/aromatic N) is 1. The third kappa shape index (κ3) is 3.51. The van der Waals surface area contributed by atoms with Gasteiger partial charge < -0.3 is 10.4 Å². The predicted molar refractivity (Wildman–Crippen MR) is 68.2 cm³/mol. The van der Waals surface area contributed by atoms with E-state index in [0.29, 0.717) is 12.6 Å². The zero-order valence-corrected chi connectivity index (χ0v) is 10.2. The Labute approximate surface area is 106 Å². The van der Waals surface area contributed by atoms with Crippen LogP contribution in [0, 0.1) is 10.1 Å². The maximum Gasteiger partial charge on any atom is 0.269 e. The van der Waals surface area contributed by atoms with Gasteiger partial charge in [0.15, 0.2) is 0 Å². The molecule has 5 heteroatoms. The number of hydrogen-bond donors (Lipinski definition) is 2. The van der Waals surface area contributed by atoms with Gasteiger partial charge in [-0.25, -0.2) is 0 Å². The Hall–Kier alpha value is -1.46. The summed E-state index contributed by atoms with van der Waals surface area (Å²) < 4.78 is 0. The van der Waals surface area contributed by atoms with Crippen LogP contribution in [0.25, 0.3) is 0 Å². The second-order valence-corrected chi connectivity index (χ2v) is 4.83. The van der Waals surface area contributed by atoms with Crippen molar-refractivity contribution in [3.63, 3.8) is 0 Å². The molecule has 0 bridgehead atoms. The van der Waals surface area contributed by atoms with Gasteiger partial charge >= 0.3 is 0 Å². The van der Waals surface area contributed by atoms with Crippen molar-refractivity contribution >= 4 is 5.69 Å². The van der Waals surface area contributed by atoms with Crippen LogP contribution >= 0.6 is 0 Å². The summed E-state index contributed by atoms with van der Waals surface area (Å²) in [5.41, 5.74) is 1.03. The predicted octanol–water partition coefficient (Wildman–Crippen LogP) is 1.99. The molecule has 0 spiro atoms. The van der Waals surface area contributed by atoms with Gasteiger partial charge in [0, 0.05) is 24.7 Å². The monoisotopic (exact) mass is 250 g/mol.